The van der Waals surface area contributed by atoms with Crippen LogP contribution in [0.5, 0.6) is 11.5 Å². The molecule has 8 heteroatoms. The number of aromatic nitrogens is 2. The highest BCUT2D eigenvalue weighted by Crippen LogP contribution is 2.37. The average molecular weight is 389 g/mol. The maximum Gasteiger partial charge on any atom is 0.260 e. The summed E-state index contributed by atoms with van der Waals surface area (Å²) in [4.78, 5) is 18.8. The summed E-state index contributed by atoms with van der Waals surface area (Å²) < 4.78 is 21.2. The van der Waals surface area contributed by atoms with E-state index in [-0.39, 0.29) is 17.9 Å². The number of methoxy groups -OCH3 is 2. The molecule has 0 atom stereocenters. The molecule has 152 valence electrons. The highest BCUT2D eigenvalue weighted by Gasteiger charge is 2.40. The van der Waals surface area contributed by atoms with E-state index in [4.69, 9.17) is 18.7 Å². The van der Waals surface area contributed by atoms with Crippen LogP contribution in [-0.2, 0) is 14.9 Å². The molecule has 0 unspecified atom stereocenters. The minimum atomic E-state index is -0.221. The van der Waals surface area contributed by atoms with Crippen LogP contribution in [0, 0.1) is 6.92 Å². The molecule has 28 heavy (non-hydrogen) atoms. The molecule has 1 amide bonds. The summed E-state index contributed by atoms with van der Waals surface area (Å²) in [6, 6.07) is 7.18. The fraction of sp³-hybridized carbons (Fsp3) is 0.550. The van der Waals surface area contributed by atoms with E-state index in [1.807, 2.05) is 4.90 Å². The van der Waals surface area contributed by atoms with Crippen molar-refractivity contribution < 1.29 is 23.5 Å². The van der Waals surface area contributed by atoms with E-state index in [1.165, 1.54) is 0 Å². The Hall–Kier alpha value is -2.61. The van der Waals surface area contributed by atoms with E-state index in [0.717, 1.165) is 25.0 Å². The van der Waals surface area contributed by atoms with Crippen LogP contribution in [0.15, 0.2) is 28.8 Å². The number of rotatable bonds is 8. The Kier molecular flexibility index (Phi) is 6.51. The van der Waals surface area contributed by atoms with Gasteiger partial charge in [-0.3, -0.25) is 4.79 Å². The first kappa shape index (κ1) is 20.1. The Bertz CT molecular complexity index is 766. The Morgan fingerprint density at radius 1 is 1.18 bits per heavy atom. The molecule has 8 nitrogen and oxygen atoms in total. The summed E-state index contributed by atoms with van der Waals surface area (Å²) in [6.07, 6.45) is 2.33. The molecule has 1 aliphatic rings. The van der Waals surface area contributed by atoms with Crippen molar-refractivity contribution in [3.63, 3.8) is 0 Å². The van der Waals surface area contributed by atoms with Gasteiger partial charge in [-0.15, -0.1) is 0 Å². The lowest BCUT2D eigenvalue weighted by molar-refractivity contribution is -0.135. The molecule has 1 aliphatic heterocycles. The number of aryl methyl sites for hydroxylation is 1. The van der Waals surface area contributed by atoms with Crippen molar-refractivity contribution in [3.05, 3.63) is 36.0 Å². The van der Waals surface area contributed by atoms with Crippen molar-refractivity contribution in [1.29, 1.82) is 0 Å². The van der Waals surface area contributed by atoms with Crippen molar-refractivity contribution in [2.45, 2.75) is 31.6 Å². The Balaban J connectivity index is 1.56. The van der Waals surface area contributed by atoms with E-state index in [2.05, 4.69) is 10.1 Å². The maximum atomic E-state index is 12.6. The fourth-order valence-corrected chi connectivity index (χ4v) is 3.49. The van der Waals surface area contributed by atoms with Gasteiger partial charge in [0.1, 0.15) is 11.5 Å². The van der Waals surface area contributed by atoms with Crippen LogP contribution in [0.1, 0.15) is 31.0 Å². The van der Waals surface area contributed by atoms with Gasteiger partial charge in [0, 0.05) is 39.1 Å². The first-order chi connectivity index (χ1) is 13.6. The number of nitrogens with zero attached hydrogens (tertiary/aromatic N) is 3. The first-order valence-electron chi connectivity index (χ1n) is 9.41. The summed E-state index contributed by atoms with van der Waals surface area (Å²) in [5.41, 5.74) is -0.221. The molecule has 1 saturated heterocycles. The zero-order valence-corrected chi connectivity index (χ0v) is 16.6. The van der Waals surface area contributed by atoms with Crippen LogP contribution >= 0.6 is 0 Å². The second kappa shape index (κ2) is 9.05. The molecule has 0 spiro atoms. The van der Waals surface area contributed by atoms with Crippen LogP contribution in [0.2, 0.25) is 0 Å². The van der Waals surface area contributed by atoms with Crippen molar-refractivity contribution in [3.8, 4) is 11.5 Å². The monoisotopic (exact) mass is 389 g/mol. The molecule has 2 heterocycles. The third-order valence-corrected chi connectivity index (χ3v) is 5.28. The summed E-state index contributed by atoms with van der Waals surface area (Å²) in [5, 5.41) is 4.14. The molecule has 0 N–H and O–H groups in total. The number of hydrogen-bond donors (Lipinski definition) is 0. The lowest BCUT2D eigenvalue weighted by Crippen LogP contribution is -2.47. The van der Waals surface area contributed by atoms with E-state index >= 15 is 0 Å². The largest absolute Gasteiger partial charge is 0.497 e. The predicted molar refractivity (Wildman–Crippen MR) is 102 cm³/mol. The Morgan fingerprint density at radius 2 is 1.86 bits per heavy atom. The number of piperidine rings is 1. The number of benzene rings is 1. The van der Waals surface area contributed by atoms with Gasteiger partial charge in [-0.25, -0.2) is 0 Å². The van der Waals surface area contributed by atoms with E-state index in [9.17, 15) is 4.79 Å². The highest BCUT2D eigenvalue weighted by atomic mass is 16.5. The molecule has 2 aromatic rings. The minimum absolute atomic E-state index is 0.0126. The second-order valence-electron chi connectivity index (χ2n) is 7.01. The molecule has 1 aromatic heterocycles. The van der Waals surface area contributed by atoms with Crippen LogP contribution in [-0.4, -0.2) is 61.5 Å². The smallest absolute Gasteiger partial charge is 0.260 e. The summed E-state index contributed by atoms with van der Waals surface area (Å²) in [7, 11) is 3.29. The van der Waals surface area contributed by atoms with Gasteiger partial charge in [0.25, 0.3) is 5.91 Å². The van der Waals surface area contributed by atoms with Crippen molar-refractivity contribution in [2.24, 2.45) is 0 Å². The second-order valence-corrected chi connectivity index (χ2v) is 7.01. The number of carbonyl (C=O) groups is 1. The van der Waals surface area contributed by atoms with Gasteiger partial charge in [-0.1, -0.05) is 5.16 Å². The van der Waals surface area contributed by atoms with Crippen LogP contribution in [0.4, 0.5) is 0 Å². The summed E-state index contributed by atoms with van der Waals surface area (Å²) in [5.74, 6) is 2.63. The quantitative estimate of drug-likeness (QED) is 0.685. The van der Waals surface area contributed by atoms with Crippen molar-refractivity contribution in [2.75, 3.05) is 40.5 Å². The van der Waals surface area contributed by atoms with Crippen LogP contribution in [0.25, 0.3) is 0 Å². The molecule has 0 aliphatic carbocycles. The lowest BCUT2D eigenvalue weighted by Gasteiger charge is -2.39. The lowest BCUT2D eigenvalue weighted by atomic mass is 9.75. The van der Waals surface area contributed by atoms with Gasteiger partial charge in [0.05, 0.1) is 7.11 Å². The molecule has 0 bridgehead atoms. The highest BCUT2D eigenvalue weighted by molar-refractivity contribution is 5.78. The number of ether oxygens (including phenoxy) is 3. The van der Waals surface area contributed by atoms with E-state index in [0.29, 0.717) is 37.2 Å². The molecular weight excluding hydrogens is 362 g/mol. The van der Waals surface area contributed by atoms with Crippen LogP contribution < -0.4 is 9.47 Å². The zero-order valence-electron chi connectivity index (χ0n) is 16.6. The van der Waals surface area contributed by atoms with Gasteiger partial charge < -0.3 is 23.6 Å². The predicted octanol–water partition coefficient (Wildman–Crippen LogP) is 2.36. The molecule has 1 fully saturated rings. The van der Waals surface area contributed by atoms with Gasteiger partial charge in [-0.2, -0.15) is 4.98 Å². The van der Waals surface area contributed by atoms with Gasteiger partial charge >= 0.3 is 0 Å². The number of carbonyl (C=O) groups excluding carboxylic acids is 1. The van der Waals surface area contributed by atoms with E-state index < -0.39 is 0 Å². The average Bonchev–Trinajstić information content (AvgIpc) is 3.18. The third-order valence-electron chi connectivity index (χ3n) is 5.28. The maximum absolute atomic E-state index is 12.6. The van der Waals surface area contributed by atoms with Crippen LogP contribution in [0.3, 0.4) is 0 Å². The number of likely N-dealkylation sites (tertiary alicyclic amines) is 1. The zero-order chi connectivity index (χ0) is 20.0. The van der Waals surface area contributed by atoms with Crippen molar-refractivity contribution >= 4 is 5.91 Å². The number of hydrogen-bond acceptors (Lipinski definition) is 7. The minimum Gasteiger partial charge on any atom is -0.497 e. The third kappa shape index (κ3) is 4.62. The van der Waals surface area contributed by atoms with E-state index in [1.54, 1.807) is 45.4 Å². The molecule has 3 rings (SSSR count). The standard InChI is InChI=1S/C20H27N3O5/c1-15-21-19(22-28-15)20(10-13-25-2)8-11-23(12-9-20)18(24)14-27-17-6-4-16(26-3)5-7-17/h4-7H,8-14H2,1-3H3. The fourth-order valence-electron chi connectivity index (χ4n) is 3.49. The van der Waals surface area contributed by atoms with Gasteiger partial charge in [0.15, 0.2) is 12.4 Å². The first-order valence-corrected chi connectivity index (χ1v) is 9.41. The number of amides is 1. The van der Waals surface area contributed by atoms with Gasteiger partial charge in [0.2, 0.25) is 5.89 Å². The Morgan fingerprint density at radius 3 is 2.43 bits per heavy atom. The van der Waals surface area contributed by atoms with Gasteiger partial charge in [-0.05, 0) is 43.5 Å². The normalized spacial score (nSPS) is 16.0. The topological polar surface area (TPSA) is 86.9 Å². The molecule has 0 saturated carbocycles. The Labute approximate surface area is 164 Å². The van der Waals surface area contributed by atoms with Crippen molar-refractivity contribution in [1.82, 2.24) is 15.0 Å². The molecule has 0 radical (unpaired) electrons. The summed E-state index contributed by atoms with van der Waals surface area (Å²) in [6.45, 7) is 3.67. The molecular formula is C20H27N3O5. The summed E-state index contributed by atoms with van der Waals surface area (Å²) >= 11 is 0. The molecule has 1 aromatic carbocycles. The SMILES string of the molecule is COCCC1(c2noc(C)n2)CCN(C(=O)COc2ccc(OC)cc2)CC1.